The number of carbonyl (C=O) groups excluding carboxylic acids is 1. The fourth-order valence-corrected chi connectivity index (χ4v) is 2.75. The van der Waals surface area contributed by atoms with Crippen LogP contribution in [0.5, 0.6) is 0 Å². The Kier molecular flexibility index (Phi) is 3.50. The van der Waals surface area contributed by atoms with Gasteiger partial charge >= 0.3 is 0 Å². The molecular weight excluding hydrogens is 252 g/mol. The first-order valence-electron chi connectivity index (χ1n) is 7.06. The molecule has 1 aliphatic rings. The van der Waals surface area contributed by atoms with E-state index in [1.54, 1.807) is 12.4 Å². The molecule has 0 spiro atoms. The first-order valence-corrected chi connectivity index (χ1v) is 7.06. The number of nitrogens with zero attached hydrogens (tertiary/aromatic N) is 2. The zero-order valence-corrected chi connectivity index (χ0v) is 11.5. The number of hydrogen-bond acceptors (Lipinski definition) is 3. The molecule has 1 atom stereocenters. The Labute approximate surface area is 117 Å². The Balaban J connectivity index is 1.77. The second-order valence-corrected chi connectivity index (χ2v) is 5.10. The lowest BCUT2D eigenvalue weighted by molar-refractivity contribution is 0.0929. The fraction of sp³-hybridized carbons (Fsp3) is 0.400. The van der Waals surface area contributed by atoms with E-state index in [1.807, 2.05) is 12.1 Å². The number of amides is 1. The van der Waals surface area contributed by atoms with Crippen LogP contribution < -0.4 is 5.32 Å². The molecule has 0 saturated carbocycles. The molecular formula is C15H18N4O. The lowest BCUT2D eigenvalue weighted by atomic mass is 10.1. The van der Waals surface area contributed by atoms with Gasteiger partial charge in [0.2, 0.25) is 0 Å². The van der Waals surface area contributed by atoms with Crippen molar-refractivity contribution in [3.8, 4) is 0 Å². The number of hydrogen-bond donors (Lipinski definition) is 2. The summed E-state index contributed by atoms with van der Waals surface area (Å²) >= 11 is 0. The molecule has 3 rings (SSSR count). The van der Waals surface area contributed by atoms with E-state index in [2.05, 4.69) is 27.4 Å². The highest BCUT2D eigenvalue weighted by atomic mass is 16.2. The molecule has 0 aliphatic heterocycles. The largest absolute Gasteiger partial charge is 0.344 e. The molecule has 5 heteroatoms. The Hall–Kier alpha value is -2.17. The molecule has 0 fully saturated rings. The van der Waals surface area contributed by atoms with Crippen molar-refractivity contribution in [3.63, 3.8) is 0 Å². The van der Waals surface area contributed by atoms with Gasteiger partial charge in [-0.15, -0.1) is 0 Å². The lowest BCUT2D eigenvalue weighted by Gasteiger charge is -2.16. The molecule has 0 radical (unpaired) electrons. The number of carbonyl (C=O) groups is 1. The summed E-state index contributed by atoms with van der Waals surface area (Å²) in [6.45, 7) is 2.06. The van der Waals surface area contributed by atoms with Crippen LogP contribution >= 0.6 is 0 Å². The molecule has 2 aromatic heterocycles. The third-order valence-corrected chi connectivity index (χ3v) is 3.84. The molecule has 5 nitrogen and oxygen atoms in total. The quantitative estimate of drug-likeness (QED) is 0.894. The van der Waals surface area contributed by atoms with Crippen molar-refractivity contribution in [2.24, 2.45) is 0 Å². The summed E-state index contributed by atoms with van der Waals surface area (Å²) in [6, 6.07) is 3.87. The third kappa shape index (κ3) is 2.31. The van der Waals surface area contributed by atoms with Crippen LogP contribution in [0, 0.1) is 0 Å². The van der Waals surface area contributed by atoms with Crippen LogP contribution in [0.25, 0.3) is 0 Å². The maximum Gasteiger partial charge on any atom is 0.272 e. The maximum absolute atomic E-state index is 12.4. The van der Waals surface area contributed by atoms with E-state index in [-0.39, 0.29) is 11.9 Å². The topological polar surface area (TPSA) is 70.7 Å². The van der Waals surface area contributed by atoms with Crippen LogP contribution in [0.3, 0.4) is 0 Å². The first kappa shape index (κ1) is 12.8. The minimum absolute atomic E-state index is 0.000692. The molecule has 2 heterocycles. The van der Waals surface area contributed by atoms with Gasteiger partial charge in [-0.2, -0.15) is 5.10 Å². The minimum Gasteiger partial charge on any atom is -0.344 e. The highest BCUT2D eigenvalue weighted by molar-refractivity contribution is 5.94. The maximum atomic E-state index is 12.4. The number of nitrogens with one attached hydrogen (secondary N) is 2. The predicted octanol–water partition coefficient (Wildman–Crippen LogP) is 2.17. The van der Waals surface area contributed by atoms with Gasteiger partial charge in [-0.25, -0.2) is 0 Å². The number of aromatic nitrogens is 3. The fourth-order valence-electron chi connectivity index (χ4n) is 2.75. The van der Waals surface area contributed by atoms with Crippen LogP contribution in [0.15, 0.2) is 24.5 Å². The van der Waals surface area contributed by atoms with Gasteiger partial charge in [-0.3, -0.25) is 14.9 Å². The van der Waals surface area contributed by atoms with Crippen molar-refractivity contribution in [2.45, 2.75) is 38.6 Å². The lowest BCUT2D eigenvalue weighted by Crippen LogP contribution is -2.29. The molecule has 0 saturated heterocycles. The van der Waals surface area contributed by atoms with Crippen molar-refractivity contribution in [1.82, 2.24) is 20.5 Å². The summed E-state index contributed by atoms with van der Waals surface area (Å²) < 4.78 is 0. The molecule has 0 bridgehead atoms. The highest BCUT2D eigenvalue weighted by Gasteiger charge is 2.24. The average Bonchev–Trinajstić information content (AvgIpc) is 3.08. The smallest absolute Gasteiger partial charge is 0.272 e. The molecule has 20 heavy (non-hydrogen) atoms. The highest BCUT2D eigenvalue weighted by Crippen LogP contribution is 2.23. The van der Waals surface area contributed by atoms with E-state index in [9.17, 15) is 4.79 Å². The van der Waals surface area contributed by atoms with Crippen LogP contribution in [0.2, 0.25) is 0 Å². The van der Waals surface area contributed by atoms with E-state index in [0.717, 1.165) is 42.5 Å². The van der Waals surface area contributed by atoms with Crippen molar-refractivity contribution in [1.29, 1.82) is 0 Å². The zero-order chi connectivity index (χ0) is 13.9. The normalized spacial score (nSPS) is 14.8. The molecule has 1 amide bonds. The zero-order valence-electron chi connectivity index (χ0n) is 11.5. The van der Waals surface area contributed by atoms with E-state index in [0.29, 0.717) is 5.69 Å². The Morgan fingerprint density at radius 1 is 1.40 bits per heavy atom. The van der Waals surface area contributed by atoms with Gasteiger partial charge in [0.1, 0.15) is 0 Å². The number of aryl methyl sites for hydroxylation is 1. The minimum atomic E-state index is -0.0898. The van der Waals surface area contributed by atoms with Gasteiger partial charge in [0.25, 0.3) is 5.91 Å². The molecule has 2 N–H and O–H groups in total. The molecule has 0 aromatic carbocycles. The number of fused-ring (bicyclic) bond motifs is 1. The molecule has 104 valence electrons. The summed E-state index contributed by atoms with van der Waals surface area (Å²) in [6.07, 6.45) is 7.37. The van der Waals surface area contributed by atoms with Gasteiger partial charge < -0.3 is 5.32 Å². The van der Waals surface area contributed by atoms with Crippen LogP contribution in [-0.2, 0) is 12.8 Å². The summed E-state index contributed by atoms with van der Waals surface area (Å²) in [5.41, 5.74) is 3.84. The van der Waals surface area contributed by atoms with Gasteiger partial charge in [0.05, 0.1) is 6.04 Å². The third-order valence-electron chi connectivity index (χ3n) is 3.84. The van der Waals surface area contributed by atoms with Gasteiger partial charge in [-0.1, -0.05) is 6.92 Å². The summed E-state index contributed by atoms with van der Waals surface area (Å²) in [5.74, 6) is -0.0898. The van der Waals surface area contributed by atoms with E-state index in [1.165, 1.54) is 0 Å². The number of aromatic amines is 1. The summed E-state index contributed by atoms with van der Waals surface area (Å²) in [7, 11) is 0. The van der Waals surface area contributed by atoms with E-state index >= 15 is 0 Å². The Bertz CT molecular complexity index is 606. The van der Waals surface area contributed by atoms with Gasteiger partial charge in [0, 0.05) is 23.7 Å². The standard InChI is InChI=1S/C15H18N4O/c1-2-12(10-6-8-16-9-7-10)17-15(20)14-11-4-3-5-13(11)18-19-14/h6-9,12H,2-5H2,1H3,(H,17,20)(H,18,19). The molecule has 1 aliphatic carbocycles. The second kappa shape index (κ2) is 5.45. The monoisotopic (exact) mass is 270 g/mol. The number of rotatable bonds is 4. The molecule has 2 aromatic rings. The van der Waals surface area contributed by atoms with Gasteiger partial charge in [0.15, 0.2) is 5.69 Å². The predicted molar refractivity (Wildman–Crippen MR) is 75.3 cm³/mol. The van der Waals surface area contributed by atoms with Crippen molar-refractivity contribution in [3.05, 3.63) is 47.0 Å². The van der Waals surface area contributed by atoms with E-state index < -0.39 is 0 Å². The van der Waals surface area contributed by atoms with Crippen molar-refractivity contribution in [2.75, 3.05) is 0 Å². The van der Waals surface area contributed by atoms with Crippen molar-refractivity contribution >= 4 is 5.91 Å². The Morgan fingerprint density at radius 2 is 2.20 bits per heavy atom. The summed E-state index contributed by atoms with van der Waals surface area (Å²) in [5, 5.41) is 10.2. The number of H-pyrrole nitrogens is 1. The van der Waals surface area contributed by atoms with E-state index in [4.69, 9.17) is 0 Å². The number of pyridine rings is 1. The Morgan fingerprint density at radius 3 is 2.95 bits per heavy atom. The molecule has 1 unspecified atom stereocenters. The second-order valence-electron chi connectivity index (χ2n) is 5.10. The van der Waals surface area contributed by atoms with Crippen LogP contribution in [0.4, 0.5) is 0 Å². The summed E-state index contributed by atoms with van der Waals surface area (Å²) in [4.78, 5) is 16.4. The van der Waals surface area contributed by atoms with Gasteiger partial charge in [-0.05, 0) is 43.4 Å². The first-order chi connectivity index (χ1) is 9.79. The SMILES string of the molecule is CCC(NC(=O)c1n[nH]c2c1CCC2)c1ccncc1. The van der Waals surface area contributed by atoms with Crippen LogP contribution in [-0.4, -0.2) is 21.1 Å². The van der Waals surface area contributed by atoms with Crippen LogP contribution in [0.1, 0.15) is 53.1 Å². The average molecular weight is 270 g/mol. The van der Waals surface area contributed by atoms with Crippen molar-refractivity contribution < 1.29 is 4.79 Å².